The highest BCUT2D eigenvalue weighted by Gasteiger charge is 2.20. The average molecular weight is 343 g/mol. The first-order valence-electron chi connectivity index (χ1n) is 9.61. The molecule has 0 spiro atoms. The van der Waals surface area contributed by atoms with Crippen LogP contribution in [-0.2, 0) is 5.41 Å². The van der Waals surface area contributed by atoms with Crippen molar-refractivity contribution in [2.75, 3.05) is 0 Å². The van der Waals surface area contributed by atoms with Crippen molar-refractivity contribution < 1.29 is 0 Å². The van der Waals surface area contributed by atoms with Gasteiger partial charge in [-0.1, -0.05) is 113 Å². The van der Waals surface area contributed by atoms with Crippen LogP contribution in [-0.4, -0.2) is 0 Å². The smallest absolute Gasteiger partial charge is 0.00612 e. The zero-order valence-corrected chi connectivity index (χ0v) is 16.7. The fourth-order valence-electron chi connectivity index (χ4n) is 3.48. The highest BCUT2D eigenvalue weighted by molar-refractivity contribution is 5.43. The summed E-state index contributed by atoms with van der Waals surface area (Å²) in [6.07, 6.45) is 0. The van der Waals surface area contributed by atoms with E-state index >= 15 is 0 Å². The van der Waals surface area contributed by atoms with Crippen molar-refractivity contribution in [3.63, 3.8) is 0 Å². The largest absolute Gasteiger partial charge is 0.0622 e. The summed E-state index contributed by atoms with van der Waals surface area (Å²) in [5.41, 5.74) is 7.10. The maximum Gasteiger partial charge on any atom is 0.00612 e. The first kappa shape index (κ1) is 18.5. The molecular weight excluding hydrogens is 312 g/mol. The Hall–Kier alpha value is -2.34. The normalized spacial score (nSPS) is 14.0. The Morgan fingerprint density at radius 1 is 0.538 bits per heavy atom. The molecule has 0 saturated carbocycles. The van der Waals surface area contributed by atoms with Crippen LogP contribution in [0.25, 0.3) is 0 Å². The highest BCUT2D eigenvalue weighted by atomic mass is 14.2. The van der Waals surface area contributed by atoms with Gasteiger partial charge in [0.2, 0.25) is 0 Å². The van der Waals surface area contributed by atoms with E-state index in [2.05, 4.69) is 113 Å². The fourth-order valence-corrected chi connectivity index (χ4v) is 3.48. The van der Waals surface area contributed by atoms with Crippen LogP contribution in [0, 0.1) is 0 Å². The van der Waals surface area contributed by atoms with E-state index in [-0.39, 0.29) is 5.41 Å². The summed E-state index contributed by atoms with van der Waals surface area (Å²) < 4.78 is 0. The molecule has 0 nitrogen and oxygen atoms in total. The van der Waals surface area contributed by atoms with Gasteiger partial charge in [-0.2, -0.15) is 0 Å². The summed E-state index contributed by atoms with van der Waals surface area (Å²) in [5, 5.41) is 0. The summed E-state index contributed by atoms with van der Waals surface area (Å²) in [6.45, 7) is 11.5. The van der Waals surface area contributed by atoms with E-state index in [1.54, 1.807) is 0 Å². The molecule has 0 heterocycles. The lowest BCUT2D eigenvalue weighted by molar-refractivity contribution is 0.587. The second-order valence-corrected chi connectivity index (χ2v) is 8.40. The van der Waals surface area contributed by atoms with Gasteiger partial charge in [-0.05, 0) is 33.2 Å². The summed E-state index contributed by atoms with van der Waals surface area (Å²) in [4.78, 5) is 0. The van der Waals surface area contributed by atoms with Crippen molar-refractivity contribution in [2.24, 2.45) is 0 Å². The Morgan fingerprint density at radius 2 is 0.923 bits per heavy atom. The maximum absolute atomic E-state index is 2.41. The first-order valence-corrected chi connectivity index (χ1v) is 9.61. The second kappa shape index (κ2) is 7.50. The van der Waals surface area contributed by atoms with E-state index in [1.807, 2.05) is 0 Å². The van der Waals surface area contributed by atoms with Crippen molar-refractivity contribution in [1.29, 1.82) is 0 Å². The van der Waals surface area contributed by atoms with Gasteiger partial charge in [-0.25, -0.2) is 0 Å². The van der Waals surface area contributed by atoms with Gasteiger partial charge in [0, 0.05) is 11.8 Å². The molecule has 0 bridgehead atoms. The van der Waals surface area contributed by atoms with Gasteiger partial charge >= 0.3 is 0 Å². The molecule has 0 aliphatic carbocycles. The maximum atomic E-state index is 2.41. The van der Waals surface area contributed by atoms with Crippen LogP contribution in [0.3, 0.4) is 0 Å². The zero-order chi connectivity index (χ0) is 18.7. The molecule has 26 heavy (non-hydrogen) atoms. The average Bonchev–Trinajstić information content (AvgIpc) is 2.67. The van der Waals surface area contributed by atoms with Crippen LogP contribution in [0.5, 0.6) is 0 Å². The van der Waals surface area contributed by atoms with Crippen LogP contribution >= 0.6 is 0 Å². The van der Waals surface area contributed by atoms with Gasteiger partial charge in [-0.3, -0.25) is 0 Å². The summed E-state index contributed by atoms with van der Waals surface area (Å²) in [5.74, 6) is 0.778. The molecule has 0 radical (unpaired) electrons. The summed E-state index contributed by atoms with van der Waals surface area (Å²) in [7, 11) is 0. The van der Waals surface area contributed by atoms with E-state index in [0.29, 0.717) is 11.8 Å². The van der Waals surface area contributed by atoms with Gasteiger partial charge < -0.3 is 0 Å². The number of hydrogen-bond donors (Lipinski definition) is 0. The van der Waals surface area contributed by atoms with Crippen molar-refractivity contribution in [2.45, 2.75) is 51.9 Å². The lowest BCUT2D eigenvalue weighted by atomic mass is 9.80. The van der Waals surface area contributed by atoms with Crippen LogP contribution < -0.4 is 0 Å². The van der Waals surface area contributed by atoms with Gasteiger partial charge in [-0.15, -0.1) is 0 Å². The standard InChI is InChI=1S/C26H30/c1-19(21-12-8-6-9-13-21)23-16-24(18-25(17-23)26(3,4)5)20(2)22-14-10-7-11-15-22/h6-20H,1-5H3. The van der Waals surface area contributed by atoms with Crippen LogP contribution in [0.2, 0.25) is 0 Å². The molecule has 3 aromatic rings. The Labute approximate surface area is 158 Å². The molecule has 2 unspecified atom stereocenters. The molecule has 0 aromatic heterocycles. The predicted octanol–water partition coefficient (Wildman–Crippen LogP) is 7.29. The van der Waals surface area contributed by atoms with E-state index in [9.17, 15) is 0 Å². The van der Waals surface area contributed by atoms with Crippen LogP contribution in [0.4, 0.5) is 0 Å². The molecule has 0 aliphatic heterocycles. The van der Waals surface area contributed by atoms with Gasteiger partial charge in [0.15, 0.2) is 0 Å². The Bertz CT molecular complexity index is 774. The second-order valence-electron chi connectivity index (χ2n) is 8.40. The molecule has 0 amide bonds. The topological polar surface area (TPSA) is 0 Å². The third kappa shape index (κ3) is 4.07. The lowest BCUT2D eigenvalue weighted by Crippen LogP contribution is -2.13. The minimum atomic E-state index is 0.136. The Morgan fingerprint density at radius 3 is 1.27 bits per heavy atom. The predicted molar refractivity (Wildman–Crippen MR) is 113 cm³/mol. The molecular formula is C26H30. The molecule has 0 aliphatic rings. The molecule has 134 valence electrons. The lowest BCUT2D eigenvalue weighted by Gasteiger charge is -2.25. The quantitative estimate of drug-likeness (QED) is 0.467. The summed E-state index contributed by atoms with van der Waals surface area (Å²) in [6, 6.07) is 28.8. The van der Waals surface area contributed by atoms with Crippen molar-refractivity contribution in [1.82, 2.24) is 0 Å². The van der Waals surface area contributed by atoms with Crippen LogP contribution in [0.15, 0.2) is 78.9 Å². The SMILES string of the molecule is CC(c1ccccc1)c1cc(C(C)c2ccccc2)cc(C(C)(C)C)c1. The summed E-state index contributed by atoms with van der Waals surface area (Å²) >= 11 is 0. The molecule has 0 saturated heterocycles. The van der Waals surface area contributed by atoms with Gasteiger partial charge in [0.05, 0.1) is 0 Å². The van der Waals surface area contributed by atoms with E-state index in [1.165, 1.54) is 27.8 Å². The van der Waals surface area contributed by atoms with E-state index in [0.717, 1.165) is 0 Å². The van der Waals surface area contributed by atoms with Gasteiger partial charge in [0.25, 0.3) is 0 Å². The van der Waals surface area contributed by atoms with E-state index < -0.39 is 0 Å². The minimum Gasteiger partial charge on any atom is -0.0622 e. The third-order valence-corrected chi connectivity index (χ3v) is 5.44. The number of hydrogen-bond acceptors (Lipinski definition) is 0. The fraction of sp³-hybridized carbons (Fsp3) is 0.308. The van der Waals surface area contributed by atoms with Gasteiger partial charge in [0.1, 0.15) is 0 Å². The Balaban J connectivity index is 2.08. The number of rotatable bonds is 4. The minimum absolute atomic E-state index is 0.136. The first-order chi connectivity index (χ1) is 12.4. The Kier molecular flexibility index (Phi) is 5.32. The van der Waals surface area contributed by atoms with Crippen molar-refractivity contribution >= 4 is 0 Å². The highest BCUT2D eigenvalue weighted by Crippen LogP contribution is 2.34. The number of benzene rings is 3. The monoisotopic (exact) mass is 342 g/mol. The molecule has 0 fully saturated rings. The molecule has 0 heteroatoms. The molecule has 2 atom stereocenters. The molecule has 3 rings (SSSR count). The van der Waals surface area contributed by atoms with Crippen molar-refractivity contribution in [3.8, 4) is 0 Å². The van der Waals surface area contributed by atoms with Crippen LogP contribution in [0.1, 0.15) is 74.3 Å². The zero-order valence-electron chi connectivity index (χ0n) is 16.7. The van der Waals surface area contributed by atoms with Crippen molar-refractivity contribution in [3.05, 3.63) is 107 Å². The van der Waals surface area contributed by atoms with E-state index in [4.69, 9.17) is 0 Å². The molecule has 3 aromatic carbocycles. The third-order valence-electron chi connectivity index (χ3n) is 5.44. The molecule has 0 N–H and O–H groups in total.